The minimum atomic E-state index is 0.0944. The fourth-order valence-electron chi connectivity index (χ4n) is 1.57. The van der Waals surface area contributed by atoms with Crippen LogP contribution in [0.15, 0.2) is 4.99 Å². The third-order valence-electron chi connectivity index (χ3n) is 2.21. The summed E-state index contributed by atoms with van der Waals surface area (Å²) in [6.07, 6.45) is 3.92. The van der Waals surface area contributed by atoms with Gasteiger partial charge in [0.25, 0.3) is 0 Å². The number of hydrogen-bond donors (Lipinski definition) is 1. The number of nitrogens with one attached hydrogen (secondary N) is 1. The molecule has 1 rings (SSSR count). The molecule has 0 bridgehead atoms. The Kier molecular flexibility index (Phi) is 4.41. The lowest BCUT2D eigenvalue weighted by Crippen LogP contribution is -2.33. The zero-order valence-electron chi connectivity index (χ0n) is 8.79. The van der Waals surface area contributed by atoms with Crippen molar-refractivity contribution < 1.29 is 4.74 Å². The topological polar surface area (TPSA) is 57.4 Å². The molecule has 78 valence electrons. The molecule has 0 aliphatic carbocycles. The van der Waals surface area contributed by atoms with E-state index in [2.05, 4.69) is 10.3 Å². The second-order valence-electron chi connectivity index (χ2n) is 3.74. The van der Waals surface area contributed by atoms with Crippen LogP contribution in [0, 0.1) is 17.4 Å². The van der Waals surface area contributed by atoms with Gasteiger partial charge in [-0.05, 0) is 39.8 Å². The van der Waals surface area contributed by atoms with Gasteiger partial charge in [0.15, 0.2) is 0 Å². The second-order valence-corrected chi connectivity index (χ2v) is 3.74. The zero-order chi connectivity index (χ0) is 10.4. The lowest BCUT2D eigenvalue weighted by molar-refractivity contribution is 0.203. The Labute approximate surface area is 85.0 Å². The maximum Gasteiger partial charge on any atom is 0.208 e. The molecule has 0 atom stereocenters. The van der Waals surface area contributed by atoms with Gasteiger partial charge >= 0.3 is 0 Å². The van der Waals surface area contributed by atoms with Gasteiger partial charge < -0.3 is 10.1 Å². The molecule has 0 amide bonds. The van der Waals surface area contributed by atoms with E-state index in [1.165, 1.54) is 0 Å². The van der Waals surface area contributed by atoms with Crippen LogP contribution in [0.3, 0.4) is 0 Å². The predicted octanol–water partition coefficient (Wildman–Crippen LogP) is 1.29. The van der Waals surface area contributed by atoms with Crippen LogP contribution >= 0.6 is 0 Å². The van der Waals surface area contributed by atoms with Crippen molar-refractivity contribution in [3.05, 3.63) is 0 Å². The summed E-state index contributed by atoms with van der Waals surface area (Å²) in [5, 5.41) is 11.8. The summed E-state index contributed by atoms with van der Waals surface area (Å²) < 4.78 is 5.53. The molecule has 0 saturated carbocycles. The van der Waals surface area contributed by atoms with E-state index in [1.54, 1.807) is 0 Å². The Morgan fingerprint density at radius 3 is 2.64 bits per heavy atom. The van der Waals surface area contributed by atoms with Crippen molar-refractivity contribution in [1.82, 2.24) is 5.32 Å². The first-order valence-corrected chi connectivity index (χ1v) is 5.08. The summed E-state index contributed by atoms with van der Waals surface area (Å²) in [4.78, 5) is 3.76. The van der Waals surface area contributed by atoms with Crippen molar-refractivity contribution >= 4 is 5.90 Å². The molecule has 1 aliphatic rings. The molecule has 1 N–H and O–H groups in total. The maximum atomic E-state index is 8.55. The standard InChI is InChI=1S/C10H17N3O/c1-8(2)14-10(13-7-11)9-3-5-12-6-4-9/h8-9,12H,3-6H2,1-2H3. The second kappa shape index (κ2) is 5.61. The molecule has 0 spiro atoms. The number of nitrogens with zero attached hydrogens (tertiary/aromatic N) is 2. The van der Waals surface area contributed by atoms with E-state index in [0.717, 1.165) is 25.9 Å². The largest absolute Gasteiger partial charge is 0.477 e. The molecule has 0 radical (unpaired) electrons. The Bertz CT molecular complexity index is 236. The molecular formula is C10H17N3O. The number of aliphatic imine (C=N–C) groups is 1. The highest BCUT2D eigenvalue weighted by Crippen LogP contribution is 2.15. The Hall–Kier alpha value is -1.08. The van der Waals surface area contributed by atoms with Crippen LogP contribution in [0.4, 0.5) is 0 Å². The smallest absolute Gasteiger partial charge is 0.208 e. The average molecular weight is 195 g/mol. The van der Waals surface area contributed by atoms with Gasteiger partial charge in [-0.1, -0.05) is 0 Å². The molecule has 14 heavy (non-hydrogen) atoms. The summed E-state index contributed by atoms with van der Waals surface area (Å²) >= 11 is 0. The molecule has 1 aliphatic heterocycles. The Morgan fingerprint density at radius 2 is 2.14 bits per heavy atom. The molecule has 4 heteroatoms. The van der Waals surface area contributed by atoms with Crippen molar-refractivity contribution in [3.63, 3.8) is 0 Å². The molecular weight excluding hydrogens is 178 g/mol. The molecule has 4 nitrogen and oxygen atoms in total. The quantitative estimate of drug-likeness (QED) is 0.410. The zero-order valence-corrected chi connectivity index (χ0v) is 8.79. The van der Waals surface area contributed by atoms with E-state index in [-0.39, 0.29) is 6.10 Å². The van der Waals surface area contributed by atoms with Crippen molar-refractivity contribution in [2.45, 2.75) is 32.8 Å². The van der Waals surface area contributed by atoms with Crippen LogP contribution in [0.2, 0.25) is 0 Å². The van der Waals surface area contributed by atoms with Gasteiger partial charge in [0.2, 0.25) is 12.1 Å². The first kappa shape index (κ1) is 11.0. The lowest BCUT2D eigenvalue weighted by atomic mass is 9.98. The molecule has 1 heterocycles. The minimum absolute atomic E-state index is 0.0944. The van der Waals surface area contributed by atoms with Crippen molar-refractivity contribution in [2.75, 3.05) is 13.1 Å². The van der Waals surface area contributed by atoms with Gasteiger partial charge in [-0.15, -0.1) is 4.99 Å². The average Bonchev–Trinajstić information content (AvgIpc) is 2.18. The third kappa shape index (κ3) is 3.35. The number of ether oxygens (including phenoxy) is 1. The van der Waals surface area contributed by atoms with Crippen LogP contribution in [0.1, 0.15) is 26.7 Å². The number of piperidine rings is 1. The van der Waals surface area contributed by atoms with Gasteiger partial charge in [0.05, 0.1) is 6.10 Å². The van der Waals surface area contributed by atoms with Gasteiger partial charge in [0, 0.05) is 5.92 Å². The predicted molar refractivity (Wildman–Crippen MR) is 54.9 cm³/mol. The van der Waals surface area contributed by atoms with E-state index in [9.17, 15) is 0 Å². The van der Waals surface area contributed by atoms with E-state index in [1.807, 2.05) is 20.0 Å². The van der Waals surface area contributed by atoms with Crippen molar-refractivity contribution in [3.8, 4) is 6.19 Å². The van der Waals surface area contributed by atoms with Gasteiger partial charge in [-0.2, -0.15) is 5.26 Å². The molecule has 0 unspecified atom stereocenters. The fraction of sp³-hybridized carbons (Fsp3) is 0.800. The van der Waals surface area contributed by atoms with Crippen LogP contribution in [-0.4, -0.2) is 25.1 Å². The summed E-state index contributed by atoms with van der Waals surface area (Å²) in [5.41, 5.74) is 0. The SMILES string of the molecule is CC(C)OC(=NC#N)C1CCNCC1. The first-order valence-electron chi connectivity index (χ1n) is 5.08. The Balaban J connectivity index is 2.57. The normalized spacial score (nSPS) is 19.4. The monoisotopic (exact) mass is 195 g/mol. The van der Waals surface area contributed by atoms with E-state index in [0.29, 0.717) is 11.8 Å². The van der Waals surface area contributed by atoms with Crippen molar-refractivity contribution in [2.24, 2.45) is 10.9 Å². The first-order chi connectivity index (χ1) is 6.74. The van der Waals surface area contributed by atoms with Crippen LogP contribution < -0.4 is 5.32 Å². The molecule has 1 fully saturated rings. The summed E-state index contributed by atoms with van der Waals surface area (Å²) in [6, 6.07) is 0. The molecule has 0 aromatic carbocycles. The van der Waals surface area contributed by atoms with E-state index >= 15 is 0 Å². The third-order valence-corrected chi connectivity index (χ3v) is 2.21. The number of nitriles is 1. The highest BCUT2D eigenvalue weighted by molar-refractivity contribution is 5.79. The van der Waals surface area contributed by atoms with Gasteiger partial charge in [-0.25, -0.2) is 0 Å². The molecule has 0 aromatic heterocycles. The lowest BCUT2D eigenvalue weighted by Gasteiger charge is -2.24. The maximum absolute atomic E-state index is 8.55. The molecule has 0 aromatic rings. The van der Waals surface area contributed by atoms with Gasteiger partial charge in [0.1, 0.15) is 0 Å². The summed E-state index contributed by atoms with van der Waals surface area (Å²) in [7, 11) is 0. The Morgan fingerprint density at radius 1 is 1.50 bits per heavy atom. The highest BCUT2D eigenvalue weighted by atomic mass is 16.5. The van der Waals surface area contributed by atoms with Crippen LogP contribution in [-0.2, 0) is 4.74 Å². The van der Waals surface area contributed by atoms with Gasteiger partial charge in [-0.3, -0.25) is 0 Å². The molecule has 1 saturated heterocycles. The highest BCUT2D eigenvalue weighted by Gasteiger charge is 2.21. The fourth-order valence-corrected chi connectivity index (χ4v) is 1.57. The summed E-state index contributed by atoms with van der Waals surface area (Å²) in [6.45, 7) is 5.87. The van der Waals surface area contributed by atoms with E-state index < -0.39 is 0 Å². The van der Waals surface area contributed by atoms with E-state index in [4.69, 9.17) is 10.00 Å². The minimum Gasteiger partial charge on any atom is -0.477 e. The summed E-state index contributed by atoms with van der Waals surface area (Å²) in [5.74, 6) is 0.933. The van der Waals surface area contributed by atoms with Crippen molar-refractivity contribution in [1.29, 1.82) is 5.26 Å². The van der Waals surface area contributed by atoms with Crippen LogP contribution in [0.25, 0.3) is 0 Å². The van der Waals surface area contributed by atoms with Crippen LogP contribution in [0.5, 0.6) is 0 Å². The number of hydrogen-bond acceptors (Lipinski definition) is 4. The number of rotatable bonds is 2.